The number of hydrogen-bond donors (Lipinski definition) is 2. The topological polar surface area (TPSA) is 61.0 Å². The summed E-state index contributed by atoms with van der Waals surface area (Å²) < 4.78 is 15.5. The summed E-state index contributed by atoms with van der Waals surface area (Å²) in [6.07, 6.45) is 9.53. The van der Waals surface area contributed by atoms with E-state index in [1.807, 2.05) is 48.6 Å². The minimum atomic E-state index is -0.431. The molecule has 192 valence electrons. The van der Waals surface area contributed by atoms with Crippen LogP contribution in [0.15, 0.2) is 72.3 Å². The summed E-state index contributed by atoms with van der Waals surface area (Å²) in [5, 5.41) is 10.8. The van der Waals surface area contributed by atoms with Gasteiger partial charge in [-0.3, -0.25) is 14.8 Å². The number of carbonyl (C=O) groups excluding carboxylic acids is 1. The average molecular weight is 507 g/mol. The van der Waals surface area contributed by atoms with Crippen LogP contribution in [0.2, 0.25) is 0 Å². The van der Waals surface area contributed by atoms with E-state index in [1.54, 1.807) is 12.1 Å². The van der Waals surface area contributed by atoms with E-state index in [0.29, 0.717) is 23.1 Å². The van der Waals surface area contributed by atoms with Crippen LogP contribution in [0.25, 0.3) is 29.1 Å². The first kappa shape index (κ1) is 24.3. The molecule has 0 aliphatic carbocycles. The Labute approximate surface area is 222 Å². The molecule has 6 rings (SSSR count). The van der Waals surface area contributed by atoms with Crippen molar-refractivity contribution in [3.8, 4) is 0 Å². The molecule has 2 saturated heterocycles. The van der Waals surface area contributed by atoms with Crippen LogP contribution in [-0.4, -0.2) is 40.6 Å². The quantitative estimate of drug-likeness (QED) is 0.308. The maximum atomic E-state index is 15.5. The summed E-state index contributed by atoms with van der Waals surface area (Å²) in [5.41, 5.74) is 5.37. The highest BCUT2D eigenvalue weighted by atomic mass is 19.1. The number of carbonyl (C=O) groups is 1. The van der Waals surface area contributed by atoms with Crippen LogP contribution in [0, 0.1) is 5.82 Å². The smallest absolute Gasteiger partial charge is 0.247 e. The number of aromatic amines is 1. The van der Waals surface area contributed by atoms with Gasteiger partial charge in [0, 0.05) is 35.5 Å². The van der Waals surface area contributed by atoms with E-state index in [-0.39, 0.29) is 17.3 Å². The number of rotatable bonds is 6. The normalized spacial score (nSPS) is 19.6. The van der Waals surface area contributed by atoms with Crippen molar-refractivity contribution < 1.29 is 9.18 Å². The second kappa shape index (κ2) is 10.8. The van der Waals surface area contributed by atoms with Gasteiger partial charge in [0.1, 0.15) is 5.52 Å². The van der Waals surface area contributed by atoms with Crippen LogP contribution in [0.3, 0.4) is 0 Å². The van der Waals surface area contributed by atoms with Crippen LogP contribution in [0.4, 0.5) is 4.39 Å². The lowest BCUT2D eigenvalue weighted by molar-refractivity contribution is -0.116. The lowest BCUT2D eigenvalue weighted by atomic mass is 9.92. The number of benzene rings is 3. The average Bonchev–Trinajstić information content (AvgIpc) is 3.54. The Balaban J connectivity index is 1.21. The third-order valence-corrected chi connectivity index (χ3v) is 7.62. The van der Waals surface area contributed by atoms with Gasteiger partial charge in [0.25, 0.3) is 0 Å². The maximum Gasteiger partial charge on any atom is 0.247 e. The van der Waals surface area contributed by atoms with Crippen molar-refractivity contribution in [3.63, 3.8) is 0 Å². The van der Waals surface area contributed by atoms with Gasteiger partial charge in [-0.2, -0.15) is 5.10 Å². The Bertz CT molecular complexity index is 1500. The fraction of sp³-hybridized carbons (Fsp3) is 0.250. The number of amides is 1. The summed E-state index contributed by atoms with van der Waals surface area (Å²) in [4.78, 5) is 15.1. The van der Waals surface area contributed by atoms with Crippen molar-refractivity contribution in [2.45, 2.75) is 31.7 Å². The van der Waals surface area contributed by atoms with E-state index < -0.39 is 5.82 Å². The van der Waals surface area contributed by atoms with Gasteiger partial charge in [-0.1, -0.05) is 73.2 Å². The molecule has 1 unspecified atom stereocenters. The fourth-order valence-electron chi connectivity index (χ4n) is 5.49. The number of aromatic nitrogens is 2. The Morgan fingerprint density at radius 2 is 1.74 bits per heavy atom. The lowest BCUT2D eigenvalue weighted by Crippen LogP contribution is -2.28. The van der Waals surface area contributed by atoms with Crippen LogP contribution in [-0.2, 0) is 11.3 Å². The minimum Gasteiger partial charge on any atom is -0.351 e. The molecule has 3 heterocycles. The molecule has 2 aliphatic heterocycles. The van der Waals surface area contributed by atoms with Crippen LogP contribution < -0.4 is 5.32 Å². The summed E-state index contributed by atoms with van der Waals surface area (Å²) in [6, 6.07) is 22.0. The number of likely N-dealkylation sites (tertiary alicyclic amines) is 1. The highest BCUT2D eigenvalue weighted by Crippen LogP contribution is 2.32. The molecule has 4 aromatic rings. The Morgan fingerprint density at radius 3 is 2.53 bits per heavy atom. The molecule has 0 bridgehead atoms. The van der Waals surface area contributed by atoms with Crippen LogP contribution >= 0.6 is 0 Å². The number of piperidine rings is 1. The molecular formula is C32H31FN4O. The zero-order valence-corrected chi connectivity index (χ0v) is 21.3. The van der Waals surface area contributed by atoms with Gasteiger partial charge in [0.15, 0.2) is 5.82 Å². The molecule has 1 amide bonds. The molecule has 0 radical (unpaired) electrons. The number of nitrogens with one attached hydrogen (secondary N) is 2. The van der Waals surface area contributed by atoms with Gasteiger partial charge >= 0.3 is 0 Å². The first-order valence-electron chi connectivity index (χ1n) is 13.4. The van der Waals surface area contributed by atoms with Gasteiger partial charge in [0.2, 0.25) is 5.91 Å². The summed E-state index contributed by atoms with van der Waals surface area (Å²) in [5.74, 6) is -0.701. The van der Waals surface area contributed by atoms with Gasteiger partial charge in [0.05, 0.1) is 5.69 Å². The molecule has 38 heavy (non-hydrogen) atoms. The molecule has 1 atom stereocenters. The van der Waals surface area contributed by atoms with Crippen molar-refractivity contribution in [1.82, 2.24) is 20.4 Å². The van der Waals surface area contributed by atoms with Crippen molar-refractivity contribution in [2.75, 3.05) is 19.6 Å². The van der Waals surface area contributed by atoms with E-state index in [9.17, 15) is 4.79 Å². The Hall–Kier alpha value is -4.03. The Morgan fingerprint density at radius 1 is 0.947 bits per heavy atom. The van der Waals surface area contributed by atoms with E-state index in [2.05, 4.69) is 44.7 Å². The van der Waals surface area contributed by atoms with Gasteiger partial charge in [-0.05, 0) is 60.8 Å². The standard InChI is InChI=1S/C32H31FN4O/c33-30-25(19-27-28(20-34-32(27)38)24-7-3-1-4-8-24)14-15-26-29(35-36-31(26)30)16-13-22-9-11-23(12-10-22)21-37-17-5-2-6-18-37/h1,3-4,7-16,19,28H,2,5-6,17-18,20-21H2,(H,34,38)(H,35,36)/b16-13+,27-19+. The van der Waals surface area contributed by atoms with E-state index in [0.717, 1.165) is 23.4 Å². The molecule has 0 saturated carbocycles. The SMILES string of the molecule is O=C1NCC(c2ccccc2)/C1=C\c1ccc2c(/C=C/c3ccc(CN4CCCCC4)cc3)[nH]nc2c1F. The molecule has 1 aromatic heterocycles. The zero-order valence-electron chi connectivity index (χ0n) is 21.3. The third kappa shape index (κ3) is 5.04. The van der Waals surface area contributed by atoms with Gasteiger partial charge in [-0.25, -0.2) is 4.39 Å². The maximum absolute atomic E-state index is 15.5. The number of H-pyrrole nitrogens is 1. The van der Waals surface area contributed by atoms with Crippen LogP contribution in [0.5, 0.6) is 0 Å². The van der Waals surface area contributed by atoms with Crippen molar-refractivity contribution >= 4 is 35.0 Å². The van der Waals surface area contributed by atoms with Gasteiger partial charge < -0.3 is 5.32 Å². The summed E-state index contributed by atoms with van der Waals surface area (Å²) >= 11 is 0. The van der Waals surface area contributed by atoms with Gasteiger partial charge in [-0.15, -0.1) is 0 Å². The number of fused-ring (bicyclic) bond motifs is 1. The summed E-state index contributed by atoms with van der Waals surface area (Å²) in [7, 11) is 0. The first-order chi connectivity index (χ1) is 18.7. The lowest BCUT2D eigenvalue weighted by Gasteiger charge is -2.26. The van der Waals surface area contributed by atoms with E-state index in [4.69, 9.17) is 0 Å². The number of halogens is 1. The highest BCUT2D eigenvalue weighted by Gasteiger charge is 2.29. The number of hydrogen-bond acceptors (Lipinski definition) is 3. The largest absolute Gasteiger partial charge is 0.351 e. The van der Waals surface area contributed by atoms with Crippen molar-refractivity contribution in [2.24, 2.45) is 0 Å². The summed E-state index contributed by atoms with van der Waals surface area (Å²) in [6.45, 7) is 3.88. The van der Waals surface area contributed by atoms with E-state index in [1.165, 1.54) is 37.9 Å². The molecular weight excluding hydrogens is 475 g/mol. The molecule has 0 spiro atoms. The second-order valence-electron chi connectivity index (χ2n) is 10.2. The van der Waals surface area contributed by atoms with E-state index >= 15 is 4.39 Å². The minimum absolute atomic E-state index is 0.109. The predicted octanol–water partition coefficient (Wildman–Crippen LogP) is 6.16. The zero-order chi connectivity index (χ0) is 25.9. The molecule has 2 fully saturated rings. The predicted molar refractivity (Wildman–Crippen MR) is 151 cm³/mol. The molecule has 2 N–H and O–H groups in total. The van der Waals surface area contributed by atoms with Crippen molar-refractivity contribution in [3.05, 3.63) is 106 Å². The van der Waals surface area contributed by atoms with Crippen LogP contribution in [0.1, 0.15) is 53.1 Å². The van der Waals surface area contributed by atoms with Crippen molar-refractivity contribution in [1.29, 1.82) is 0 Å². The monoisotopic (exact) mass is 506 g/mol. The fourth-order valence-corrected chi connectivity index (χ4v) is 5.49. The second-order valence-corrected chi connectivity index (χ2v) is 10.2. The molecule has 3 aromatic carbocycles. The first-order valence-corrected chi connectivity index (χ1v) is 13.4. The number of nitrogens with zero attached hydrogens (tertiary/aromatic N) is 2. The molecule has 5 nitrogen and oxygen atoms in total. The highest BCUT2D eigenvalue weighted by molar-refractivity contribution is 6.02. The molecule has 6 heteroatoms. The third-order valence-electron chi connectivity index (χ3n) is 7.62. The molecule has 2 aliphatic rings. The Kier molecular flexibility index (Phi) is 6.88.